The average Bonchev–Trinajstić information content (AvgIpc) is 2.54. The van der Waals surface area contributed by atoms with Crippen LogP contribution in [0.4, 0.5) is 10.5 Å². The number of rotatable bonds is 2. The monoisotopic (exact) mass is 325 g/mol. The first-order valence-corrected chi connectivity index (χ1v) is 7.82. The highest BCUT2D eigenvalue weighted by Crippen LogP contribution is 2.16. The van der Waals surface area contributed by atoms with E-state index in [0.29, 0.717) is 11.3 Å². The number of carbonyl (C=O) groups is 2. The molecule has 0 aliphatic rings. The summed E-state index contributed by atoms with van der Waals surface area (Å²) in [6, 6.07) is 15.9. The van der Waals surface area contributed by atoms with Crippen LogP contribution < -0.4 is 10.7 Å². The first kappa shape index (κ1) is 17.5. The molecule has 0 spiro atoms. The Morgan fingerprint density at radius 3 is 2.08 bits per heavy atom. The fourth-order valence-corrected chi connectivity index (χ4v) is 2.20. The second kappa shape index (κ2) is 7.17. The van der Waals surface area contributed by atoms with Crippen molar-refractivity contribution in [3.63, 3.8) is 0 Å². The van der Waals surface area contributed by atoms with E-state index in [4.69, 9.17) is 0 Å². The van der Waals surface area contributed by atoms with Crippen molar-refractivity contribution in [3.05, 3.63) is 65.7 Å². The predicted molar refractivity (Wildman–Crippen MR) is 95.7 cm³/mol. The molecule has 0 atom stereocenters. The Balaban J connectivity index is 2.16. The van der Waals surface area contributed by atoms with E-state index in [1.807, 2.05) is 58.0 Å². The summed E-state index contributed by atoms with van der Waals surface area (Å²) in [7, 11) is 0. The summed E-state index contributed by atoms with van der Waals surface area (Å²) in [6.07, 6.45) is 0. The lowest BCUT2D eigenvalue weighted by Crippen LogP contribution is -2.56. The van der Waals surface area contributed by atoms with Gasteiger partial charge in [0.15, 0.2) is 0 Å². The van der Waals surface area contributed by atoms with Crippen LogP contribution in [0.1, 0.15) is 36.7 Å². The summed E-state index contributed by atoms with van der Waals surface area (Å²) >= 11 is 0. The zero-order chi connectivity index (χ0) is 17.7. The van der Waals surface area contributed by atoms with E-state index in [0.717, 1.165) is 5.56 Å². The first-order valence-electron chi connectivity index (χ1n) is 7.82. The second-order valence-corrected chi connectivity index (χ2v) is 6.56. The van der Waals surface area contributed by atoms with Crippen molar-refractivity contribution in [2.24, 2.45) is 0 Å². The van der Waals surface area contributed by atoms with Gasteiger partial charge in [-0.15, -0.1) is 0 Å². The number of anilines is 1. The minimum Gasteiger partial charge on any atom is -0.306 e. The molecule has 0 saturated carbocycles. The number of nitrogens with one attached hydrogen (secondary N) is 2. The van der Waals surface area contributed by atoms with Gasteiger partial charge in [0.1, 0.15) is 0 Å². The number of aryl methyl sites for hydroxylation is 1. The Hall–Kier alpha value is -2.82. The molecule has 2 aromatic carbocycles. The third kappa shape index (κ3) is 4.35. The number of hydrazine groups is 1. The van der Waals surface area contributed by atoms with E-state index < -0.39 is 11.6 Å². The van der Waals surface area contributed by atoms with Crippen molar-refractivity contribution in [2.45, 2.75) is 33.2 Å². The van der Waals surface area contributed by atoms with E-state index in [9.17, 15) is 9.59 Å². The number of benzene rings is 2. The lowest BCUT2D eigenvalue weighted by Gasteiger charge is -2.35. The summed E-state index contributed by atoms with van der Waals surface area (Å²) in [5, 5.41) is 4.12. The van der Waals surface area contributed by atoms with E-state index in [1.165, 1.54) is 5.01 Å². The molecule has 0 radical (unpaired) electrons. The SMILES string of the molecule is Cc1ccccc1NC(=O)NN(C(=O)c1ccccc1)C(C)(C)C. The van der Waals surface area contributed by atoms with Gasteiger partial charge >= 0.3 is 6.03 Å². The van der Waals surface area contributed by atoms with Crippen LogP contribution in [0.15, 0.2) is 54.6 Å². The lowest BCUT2D eigenvalue weighted by atomic mass is 10.1. The van der Waals surface area contributed by atoms with Crippen molar-refractivity contribution < 1.29 is 9.59 Å². The van der Waals surface area contributed by atoms with E-state index in [-0.39, 0.29) is 5.91 Å². The second-order valence-electron chi connectivity index (χ2n) is 6.56. The van der Waals surface area contributed by atoms with Gasteiger partial charge in [-0.1, -0.05) is 36.4 Å². The maximum absolute atomic E-state index is 12.7. The lowest BCUT2D eigenvalue weighted by molar-refractivity contribution is 0.0460. The fourth-order valence-electron chi connectivity index (χ4n) is 2.20. The van der Waals surface area contributed by atoms with Crippen molar-refractivity contribution in [1.29, 1.82) is 0 Å². The Bertz CT molecular complexity index is 721. The minimum absolute atomic E-state index is 0.261. The third-order valence-electron chi connectivity index (χ3n) is 3.50. The number of hydrogen-bond donors (Lipinski definition) is 2. The molecule has 5 heteroatoms. The Labute approximate surface area is 142 Å². The molecule has 0 aliphatic carbocycles. The molecule has 0 bridgehead atoms. The van der Waals surface area contributed by atoms with E-state index in [1.54, 1.807) is 24.3 Å². The highest BCUT2D eigenvalue weighted by Gasteiger charge is 2.29. The number of para-hydroxylation sites is 1. The van der Waals surface area contributed by atoms with Gasteiger partial charge in [-0.05, 0) is 51.5 Å². The molecule has 126 valence electrons. The van der Waals surface area contributed by atoms with Crippen molar-refractivity contribution >= 4 is 17.6 Å². The summed E-state index contributed by atoms with van der Waals surface area (Å²) in [6.45, 7) is 7.50. The number of urea groups is 1. The molecule has 0 heterocycles. The van der Waals surface area contributed by atoms with E-state index in [2.05, 4.69) is 10.7 Å². The number of amides is 3. The maximum atomic E-state index is 12.7. The highest BCUT2D eigenvalue weighted by molar-refractivity contribution is 5.97. The van der Waals surface area contributed by atoms with Crippen molar-refractivity contribution in [3.8, 4) is 0 Å². The van der Waals surface area contributed by atoms with Gasteiger partial charge in [-0.2, -0.15) is 0 Å². The Morgan fingerprint density at radius 1 is 0.917 bits per heavy atom. The van der Waals surface area contributed by atoms with Crippen molar-refractivity contribution in [2.75, 3.05) is 5.32 Å². The van der Waals surface area contributed by atoms with Gasteiger partial charge in [-0.25, -0.2) is 15.2 Å². The molecule has 0 unspecified atom stereocenters. The molecule has 0 fully saturated rings. The third-order valence-corrected chi connectivity index (χ3v) is 3.50. The van der Waals surface area contributed by atoms with Crippen LogP contribution in [0, 0.1) is 6.92 Å². The van der Waals surface area contributed by atoms with Gasteiger partial charge in [0.05, 0.1) is 5.54 Å². The van der Waals surface area contributed by atoms with Crippen LogP contribution in [0.3, 0.4) is 0 Å². The zero-order valence-electron chi connectivity index (χ0n) is 14.5. The normalized spacial score (nSPS) is 10.8. The summed E-state index contributed by atoms with van der Waals surface area (Å²) in [5.41, 5.74) is 4.26. The largest absolute Gasteiger partial charge is 0.338 e. The maximum Gasteiger partial charge on any atom is 0.338 e. The molecular weight excluding hydrogens is 302 g/mol. The quantitative estimate of drug-likeness (QED) is 0.821. The Morgan fingerprint density at radius 2 is 1.50 bits per heavy atom. The van der Waals surface area contributed by atoms with Crippen LogP contribution in [-0.4, -0.2) is 22.5 Å². The number of nitrogens with zero attached hydrogens (tertiary/aromatic N) is 1. The van der Waals surface area contributed by atoms with Gasteiger partial charge < -0.3 is 5.32 Å². The first-order chi connectivity index (χ1) is 11.3. The molecule has 2 N–H and O–H groups in total. The molecule has 24 heavy (non-hydrogen) atoms. The summed E-state index contributed by atoms with van der Waals surface area (Å²) in [4.78, 5) is 25.1. The van der Waals surface area contributed by atoms with Gasteiger partial charge in [0.25, 0.3) is 5.91 Å². The molecular formula is C19H23N3O2. The number of carbonyl (C=O) groups excluding carboxylic acids is 2. The van der Waals surface area contributed by atoms with Crippen LogP contribution in [-0.2, 0) is 0 Å². The van der Waals surface area contributed by atoms with Gasteiger partial charge in [0, 0.05) is 11.3 Å². The molecule has 0 aromatic heterocycles. The predicted octanol–water partition coefficient (Wildman–Crippen LogP) is 3.97. The molecule has 5 nitrogen and oxygen atoms in total. The topological polar surface area (TPSA) is 61.4 Å². The highest BCUT2D eigenvalue weighted by atomic mass is 16.2. The standard InChI is InChI=1S/C19H23N3O2/c1-14-10-8-9-13-16(14)20-18(24)21-22(19(2,3)4)17(23)15-11-6-5-7-12-15/h5-13H,1-4H3,(H2,20,21,24). The summed E-state index contributed by atoms with van der Waals surface area (Å²) < 4.78 is 0. The zero-order valence-corrected chi connectivity index (χ0v) is 14.5. The average molecular weight is 325 g/mol. The van der Waals surface area contributed by atoms with Crippen LogP contribution >= 0.6 is 0 Å². The fraction of sp³-hybridized carbons (Fsp3) is 0.263. The van der Waals surface area contributed by atoms with E-state index >= 15 is 0 Å². The molecule has 0 saturated heterocycles. The van der Waals surface area contributed by atoms with Crippen LogP contribution in [0.2, 0.25) is 0 Å². The smallest absolute Gasteiger partial charge is 0.306 e. The van der Waals surface area contributed by atoms with Crippen LogP contribution in [0.25, 0.3) is 0 Å². The molecule has 2 aromatic rings. The summed E-state index contributed by atoms with van der Waals surface area (Å²) in [5.74, 6) is -0.261. The number of hydrogen-bond acceptors (Lipinski definition) is 2. The van der Waals surface area contributed by atoms with Gasteiger partial charge in [0.2, 0.25) is 0 Å². The Kier molecular flexibility index (Phi) is 5.24. The van der Waals surface area contributed by atoms with Crippen LogP contribution in [0.5, 0.6) is 0 Å². The molecule has 0 aliphatic heterocycles. The minimum atomic E-state index is -0.573. The molecule has 3 amide bonds. The molecule has 2 rings (SSSR count). The van der Waals surface area contributed by atoms with Crippen molar-refractivity contribution in [1.82, 2.24) is 10.4 Å². The van der Waals surface area contributed by atoms with Gasteiger partial charge in [-0.3, -0.25) is 4.79 Å².